The standard InChI is InChI=1S/C7H18N2O.C4H6O6/c8-5-1-3-7(9)4-2-6-10;5-1(3(7)8)2(6)4(9)10/h7,10H,1-6,8-9H2;1-2,5-6H,(H,7,8)(H,9,10). The van der Waals surface area contributed by atoms with Gasteiger partial charge in [0, 0.05) is 12.6 Å². The molecule has 0 radical (unpaired) electrons. The van der Waals surface area contributed by atoms with Gasteiger partial charge in [-0.05, 0) is 32.2 Å². The fraction of sp³-hybridized carbons (Fsp3) is 0.818. The molecule has 120 valence electrons. The van der Waals surface area contributed by atoms with E-state index < -0.39 is 24.1 Å². The molecular weight excluding hydrogens is 272 g/mol. The predicted octanol–water partition coefficient (Wildman–Crippen LogP) is -2.30. The summed E-state index contributed by atoms with van der Waals surface area (Å²) in [5, 5.41) is 41.0. The second-order valence-electron chi connectivity index (χ2n) is 4.12. The third kappa shape index (κ3) is 11.8. The molecule has 0 aromatic carbocycles. The van der Waals surface area contributed by atoms with Crippen LogP contribution in [0.2, 0.25) is 0 Å². The number of nitrogens with two attached hydrogens (primary N) is 2. The summed E-state index contributed by atoms with van der Waals surface area (Å²) < 4.78 is 0. The molecule has 0 bridgehead atoms. The van der Waals surface area contributed by atoms with Crippen molar-refractivity contribution in [2.45, 2.75) is 43.9 Å². The van der Waals surface area contributed by atoms with Gasteiger partial charge in [0.2, 0.25) is 0 Å². The van der Waals surface area contributed by atoms with Crippen LogP contribution in [0.15, 0.2) is 0 Å². The molecule has 0 aliphatic rings. The van der Waals surface area contributed by atoms with E-state index in [1.54, 1.807) is 0 Å². The van der Waals surface area contributed by atoms with Crippen LogP contribution in [0.5, 0.6) is 0 Å². The van der Waals surface area contributed by atoms with Gasteiger partial charge < -0.3 is 37.0 Å². The zero-order valence-corrected chi connectivity index (χ0v) is 11.2. The van der Waals surface area contributed by atoms with Crippen molar-refractivity contribution in [1.29, 1.82) is 0 Å². The first-order valence-corrected chi connectivity index (χ1v) is 6.16. The van der Waals surface area contributed by atoms with Gasteiger partial charge in [0.15, 0.2) is 12.2 Å². The van der Waals surface area contributed by atoms with E-state index in [9.17, 15) is 9.59 Å². The molecule has 3 atom stereocenters. The maximum Gasteiger partial charge on any atom is 0.335 e. The van der Waals surface area contributed by atoms with E-state index in [0.29, 0.717) is 6.54 Å². The van der Waals surface area contributed by atoms with E-state index in [4.69, 9.17) is 37.0 Å². The average Bonchev–Trinajstić information content (AvgIpc) is 2.41. The molecule has 0 saturated carbocycles. The minimum absolute atomic E-state index is 0.232. The second kappa shape index (κ2) is 12.8. The Hall–Kier alpha value is -1.26. The number of aliphatic hydroxyl groups is 3. The lowest BCUT2D eigenvalue weighted by molar-refractivity contribution is -0.165. The van der Waals surface area contributed by atoms with Gasteiger partial charge in [-0.1, -0.05) is 0 Å². The first kappa shape index (κ1) is 21.0. The van der Waals surface area contributed by atoms with Gasteiger partial charge in [0.1, 0.15) is 0 Å². The highest BCUT2D eigenvalue weighted by Gasteiger charge is 2.29. The monoisotopic (exact) mass is 296 g/mol. The lowest BCUT2D eigenvalue weighted by atomic mass is 10.1. The van der Waals surface area contributed by atoms with E-state index in [1.807, 2.05) is 0 Å². The molecule has 0 aliphatic carbocycles. The summed E-state index contributed by atoms with van der Waals surface area (Å²) in [6.45, 7) is 0.961. The van der Waals surface area contributed by atoms with Crippen molar-refractivity contribution >= 4 is 11.9 Å². The molecule has 0 spiro atoms. The summed E-state index contributed by atoms with van der Waals surface area (Å²) in [5.74, 6) is -3.54. The molecule has 9 nitrogen and oxygen atoms in total. The van der Waals surface area contributed by atoms with Crippen LogP contribution in [-0.2, 0) is 9.59 Å². The molecule has 3 unspecified atom stereocenters. The number of carbonyl (C=O) groups is 2. The SMILES string of the molecule is NCCCC(N)CCCO.O=C(O)C(O)C(O)C(=O)O. The highest BCUT2D eigenvalue weighted by molar-refractivity contribution is 5.83. The van der Waals surface area contributed by atoms with E-state index in [-0.39, 0.29) is 12.6 Å². The Labute approximate surface area is 116 Å². The number of hydrogen-bond donors (Lipinski definition) is 7. The van der Waals surface area contributed by atoms with E-state index in [0.717, 1.165) is 25.7 Å². The summed E-state index contributed by atoms with van der Waals surface area (Å²) in [7, 11) is 0. The van der Waals surface area contributed by atoms with Crippen molar-refractivity contribution in [3.63, 3.8) is 0 Å². The van der Waals surface area contributed by atoms with Crippen LogP contribution >= 0.6 is 0 Å². The van der Waals surface area contributed by atoms with Crippen LogP contribution in [0.4, 0.5) is 0 Å². The van der Waals surface area contributed by atoms with Gasteiger partial charge in [-0.15, -0.1) is 0 Å². The van der Waals surface area contributed by atoms with Crippen LogP contribution in [0.3, 0.4) is 0 Å². The quantitative estimate of drug-likeness (QED) is 0.245. The van der Waals surface area contributed by atoms with Crippen molar-refractivity contribution in [3.05, 3.63) is 0 Å². The van der Waals surface area contributed by atoms with Gasteiger partial charge in [-0.3, -0.25) is 0 Å². The Morgan fingerprint density at radius 1 is 0.950 bits per heavy atom. The Morgan fingerprint density at radius 3 is 1.65 bits per heavy atom. The number of aliphatic carboxylic acids is 2. The smallest absolute Gasteiger partial charge is 0.335 e. The minimum Gasteiger partial charge on any atom is -0.479 e. The molecule has 0 saturated heterocycles. The van der Waals surface area contributed by atoms with Gasteiger partial charge in [0.05, 0.1) is 0 Å². The maximum absolute atomic E-state index is 9.77. The predicted molar refractivity (Wildman–Crippen MR) is 69.9 cm³/mol. The third-order valence-corrected chi connectivity index (χ3v) is 2.32. The lowest BCUT2D eigenvalue weighted by Gasteiger charge is -2.08. The average molecular weight is 296 g/mol. The molecule has 0 aromatic rings. The normalized spacial score (nSPS) is 14.7. The van der Waals surface area contributed by atoms with Crippen molar-refractivity contribution in [2.24, 2.45) is 11.5 Å². The van der Waals surface area contributed by atoms with Gasteiger partial charge in [0.25, 0.3) is 0 Å². The molecule has 0 heterocycles. The molecule has 0 aliphatic heterocycles. The molecule has 20 heavy (non-hydrogen) atoms. The molecule has 9 N–H and O–H groups in total. The summed E-state index contributed by atoms with van der Waals surface area (Å²) in [5.41, 5.74) is 11.0. The highest BCUT2D eigenvalue weighted by atomic mass is 16.4. The number of carboxylic acids is 2. The summed E-state index contributed by atoms with van der Waals surface area (Å²) in [6, 6.07) is 0.232. The fourth-order valence-electron chi connectivity index (χ4n) is 1.15. The van der Waals surface area contributed by atoms with Crippen molar-refractivity contribution in [3.8, 4) is 0 Å². The topological polar surface area (TPSA) is 187 Å². The molecular formula is C11H24N2O7. The zero-order chi connectivity index (χ0) is 16.1. The zero-order valence-electron chi connectivity index (χ0n) is 11.2. The Kier molecular flexibility index (Phi) is 13.4. The van der Waals surface area contributed by atoms with Gasteiger partial charge in [-0.25, -0.2) is 9.59 Å². The number of rotatable bonds is 9. The molecule has 0 rings (SSSR count). The Balaban J connectivity index is 0. The van der Waals surface area contributed by atoms with E-state index in [1.165, 1.54) is 0 Å². The van der Waals surface area contributed by atoms with Crippen LogP contribution < -0.4 is 11.5 Å². The molecule has 0 fully saturated rings. The maximum atomic E-state index is 9.77. The van der Waals surface area contributed by atoms with E-state index in [2.05, 4.69) is 0 Å². The van der Waals surface area contributed by atoms with Crippen LogP contribution in [0, 0.1) is 0 Å². The lowest BCUT2D eigenvalue weighted by Crippen LogP contribution is -2.39. The van der Waals surface area contributed by atoms with Crippen LogP contribution in [0.1, 0.15) is 25.7 Å². The Morgan fingerprint density at radius 2 is 1.35 bits per heavy atom. The third-order valence-electron chi connectivity index (χ3n) is 2.32. The van der Waals surface area contributed by atoms with Crippen LogP contribution in [0.25, 0.3) is 0 Å². The molecule has 0 amide bonds. The molecule has 0 aromatic heterocycles. The highest BCUT2D eigenvalue weighted by Crippen LogP contribution is 2.00. The summed E-state index contributed by atoms with van der Waals surface area (Å²) >= 11 is 0. The fourth-order valence-corrected chi connectivity index (χ4v) is 1.15. The van der Waals surface area contributed by atoms with Crippen molar-refractivity contribution in [1.82, 2.24) is 0 Å². The number of hydrogen-bond acceptors (Lipinski definition) is 7. The number of aliphatic hydroxyl groups excluding tert-OH is 3. The van der Waals surface area contributed by atoms with Crippen LogP contribution in [-0.4, -0.2) is 68.9 Å². The minimum atomic E-state index is -2.27. The second-order valence-corrected chi connectivity index (χ2v) is 4.12. The first-order valence-electron chi connectivity index (χ1n) is 6.16. The largest absolute Gasteiger partial charge is 0.479 e. The molecule has 9 heteroatoms. The summed E-state index contributed by atoms with van der Waals surface area (Å²) in [4.78, 5) is 19.5. The van der Waals surface area contributed by atoms with Gasteiger partial charge in [-0.2, -0.15) is 0 Å². The van der Waals surface area contributed by atoms with E-state index >= 15 is 0 Å². The number of carboxylic acid groups (broad SMARTS) is 2. The van der Waals surface area contributed by atoms with Crippen molar-refractivity contribution < 1.29 is 35.1 Å². The summed E-state index contributed by atoms with van der Waals surface area (Å²) in [6.07, 6.45) is -0.833. The first-order chi connectivity index (χ1) is 9.27. The van der Waals surface area contributed by atoms with Crippen molar-refractivity contribution in [2.75, 3.05) is 13.2 Å². The van der Waals surface area contributed by atoms with Gasteiger partial charge >= 0.3 is 11.9 Å². The Bertz CT molecular complexity index is 249.